The molecule has 1 aromatic rings. The van der Waals surface area contributed by atoms with E-state index >= 15 is 0 Å². The third kappa shape index (κ3) is 2.15. The maximum atomic E-state index is 11.1. The lowest BCUT2D eigenvalue weighted by Crippen LogP contribution is -1.95. The summed E-state index contributed by atoms with van der Waals surface area (Å²) in [6, 6.07) is 18.5. The number of fused-ring (bicyclic) bond motifs is 1. The maximum Gasteiger partial charge on any atom is 0.335 e. The molecule has 0 fully saturated rings. The van der Waals surface area contributed by atoms with Crippen LogP contribution in [0.4, 0.5) is 0 Å². The summed E-state index contributed by atoms with van der Waals surface area (Å²) in [5.74, 6) is -0.931. The average Bonchev–Trinajstić information content (AvgIpc) is 2.65. The SMILES string of the molecule is O=C(O)c1cccc(-c2cc(Cl)c3cccccc2-3)c1. The molecule has 98 valence electrons. The molecule has 1 aromatic carbocycles. The van der Waals surface area contributed by atoms with Crippen LogP contribution in [-0.4, -0.2) is 11.1 Å². The van der Waals surface area contributed by atoms with Crippen LogP contribution in [-0.2, 0) is 0 Å². The molecule has 0 heterocycles. The number of carbonyl (C=O) groups is 1. The van der Waals surface area contributed by atoms with E-state index in [9.17, 15) is 4.79 Å². The second-order valence-corrected chi connectivity index (χ2v) is 4.94. The molecular weight excluding hydrogens is 272 g/mol. The van der Waals surface area contributed by atoms with Gasteiger partial charge in [0.15, 0.2) is 0 Å². The summed E-state index contributed by atoms with van der Waals surface area (Å²) < 4.78 is 0. The van der Waals surface area contributed by atoms with Crippen molar-refractivity contribution in [2.24, 2.45) is 0 Å². The van der Waals surface area contributed by atoms with Crippen LogP contribution in [0.3, 0.4) is 0 Å². The molecule has 0 bridgehead atoms. The van der Waals surface area contributed by atoms with Crippen molar-refractivity contribution in [1.82, 2.24) is 0 Å². The average molecular weight is 283 g/mol. The van der Waals surface area contributed by atoms with Gasteiger partial charge in [-0.3, -0.25) is 0 Å². The Morgan fingerprint density at radius 1 is 0.850 bits per heavy atom. The molecule has 0 saturated heterocycles. The molecule has 0 aliphatic heterocycles. The molecule has 2 nitrogen and oxygen atoms in total. The van der Waals surface area contributed by atoms with Crippen LogP contribution >= 0.6 is 11.6 Å². The number of benzene rings is 1. The van der Waals surface area contributed by atoms with Gasteiger partial charge in [-0.1, -0.05) is 54.1 Å². The highest BCUT2D eigenvalue weighted by molar-refractivity contribution is 6.34. The van der Waals surface area contributed by atoms with Gasteiger partial charge < -0.3 is 5.11 Å². The van der Waals surface area contributed by atoms with Crippen LogP contribution in [0.1, 0.15) is 10.4 Å². The van der Waals surface area contributed by atoms with Gasteiger partial charge in [-0.15, -0.1) is 0 Å². The minimum Gasteiger partial charge on any atom is -0.478 e. The molecule has 3 rings (SSSR count). The van der Waals surface area contributed by atoms with Gasteiger partial charge in [0, 0.05) is 10.6 Å². The first-order valence-corrected chi connectivity index (χ1v) is 6.55. The van der Waals surface area contributed by atoms with E-state index in [0.717, 1.165) is 22.3 Å². The summed E-state index contributed by atoms with van der Waals surface area (Å²) in [5.41, 5.74) is 4.06. The molecular formula is C17H11ClO2. The molecule has 0 amide bonds. The topological polar surface area (TPSA) is 37.3 Å². The highest BCUT2D eigenvalue weighted by Gasteiger charge is 2.15. The fourth-order valence-corrected chi connectivity index (χ4v) is 2.61. The summed E-state index contributed by atoms with van der Waals surface area (Å²) in [5, 5.41) is 9.76. The Morgan fingerprint density at radius 2 is 1.60 bits per heavy atom. The van der Waals surface area contributed by atoms with E-state index in [1.165, 1.54) is 0 Å². The second-order valence-electron chi connectivity index (χ2n) is 4.53. The number of carboxylic acids is 1. The molecule has 0 unspecified atom stereocenters. The van der Waals surface area contributed by atoms with E-state index in [1.807, 2.05) is 42.5 Å². The zero-order valence-electron chi connectivity index (χ0n) is 10.5. The van der Waals surface area contributed by atoms with Gasteiger partial charge in [-0.2, -0.15) is 0 Å². The van der Waals surface area contributed by atoms with Crippen molar-refractivity contribution in [2.45, 2.75) is 0 Å². The van der Waals surface area contributed by atoms with E-state index in [0.29, 0.717) is 5.02 Å². The summed E-state index contributed by atoms with van der Waals surface area (Å²) in [4.78, 5) is 11.1. The first-order chi connectivity index (χ1) is 9.66. The van der Waals surface area contributed by atoms with E-state index in [4.69, 9.17) is 16.7 Å². The Balaban J connectivity index is 2.22. The van der Waals surface area contributed by atoms with Gasteiger partial charge >= 0.3 is 5.97 Å². The second kappa shape index (κ2) is 4.99. The van der Waals surface area contributed by atoms with Crippen LogP contribution in [0.5, 0.6) is 0 Å². The number of aromatic carboxylic acids is 1. The van der Waals surface area contributed by atoms with E-state index < -0.39 is 5.97 Å². The third-order valence-corrected chi connectivity index (χ3v) is 3.59. The number of hydrogen-bond donors (Lipinski definition) is 1. The fraction of sp³-hybridized carbons (Fsp3) is 0. The minimum atomic E-state index is -0.931. The lowest BCUT2D eigenvalue weighted by molar-refractivity contribution is 0.0697. The van der Waals surface area contributed by atoms with Gasteiger partial charge in [0.1, 0.15) is 0 Å². The van der Waals surface area contributed by atoms with Gasteiger partial charge in [-0.05, 0) is 34.9 Å². The minimum absolute atomic E-state index is 0.272. The van der Waals surface area contributed by atoms with Gasteiger partial charge in [0.2, 0.25) is 0 Å². The summed E-state index contributed by atoms with van der Waals surface area (Å²) >= 11 is 6.27. The molecule has 3 heteroatoms. The highest BCUT2D eigenvalue weighted by Crippen LogP contribution is 2.41. The zero-order chi connectivity index (χ0) is 14.1. The van der Waals surface area contributed by atoms with E-state index in [1.54, 1.807) is 18.2 Å². The van der Waals surface area contributed by atoms with Crippen molar-refractivity contribution in [3.8, 4) is 22.3 Å². The Bertz CT molecular complexity index is 765. The molecule has 0 spiro atoms. The Hall–Kier alpha value is -2.32. The largest absolute Gasteiger partial charge is 0.478 e. The first kappa shape index (κ1) is 12.7. The maximum absolute atomic E-state index is 11.1. The number of halogens is 1. The summed E-state index contributed by atoms with van der Waals surface area (Å²) in [6.45, 7) is 0. The summed E-state index contributed by atoms with van der Waals surface area (Å²) in [6.07, 6.45) is 0. The molecule has 1 N–H and O–H groups in total. The molecule has 0 radical (unpaired) electrons. The predicted molar refractivity (Wildman–Crippen MR) is 80.5 cm³/mol. The van der Waals surface area contributed by atoms with Crippen LogP contribution in [0, 0.1) is 0 Å². The van der Waals surface area contributed by atoms with Crippen molar-refractivity contribution < 1.29 is 9.90 Å². The normalized spacial score (nSPS) is 10.7. The third-order valence-electron chi connectivity index (χ3n) is 3.28. The van der Waals surface area contributed by atoms with Crippen LogP contribution in [0.2, 0.25) is 5.02 Å². The molecule has 0 aromatic heterocycles. The number of carboxylic acid groups (broad SMARTS) is 1. The zero-order valence-corrected chi connectivity index (χ0v) is 11.3. The highest BCUT2D eigenvalue weighted by atomic mass is 35.5. The molecule has 0 saturated carbocycles. The Labute approximate surface area is 121 Å². The van der Waals surface area contributed by atoms with Crippen molar-refractivity contribution >= 4 is 17.6 Å². The number of hydrogen-bond acceptors (Lipinski definition) is 1. The van der Waals surface area contributed by atoms with Gasteiger partial charge in [-0.25, -0.2) is 4.79 Å². The smallest absolute Gasteiger partial charge is 0.335 e. The van der Waals surface area contributed by atoms with Crippen LogP contribution in [0.25, 0.3) is 22.3 Å². The molecule has 0 atom stereocenters. The fourth-order valence-electron chi connectivity index (χ4n) is 2.33. The van der Waals surface area contributed by atoms with Crippen molar-refractivity contribution in [3.05, 3.63) is 71.2 Å². The lowest BCUT2D eigenvalue weighted by Gasteiger charge is -2.03. The van der Waals surface area contributed by atoms with Crippen LogP contribution < -0.4 is 0 Å². The van der Waals surface area contributed by atoms with Crippen molar-refractivity contribution in [3.63, 3.8) is 0 Å². The van der Waals surface area contributed by atoms with Crippen molar-refractivity contribution in [2.75, 3.05) is 0 Å². The van der Waals surface area contributed by atoms with Gasteiger partial charge in [0.05, 0.1) is 5.56 Å². The Morgan fingerprint density at radius 3 is 2.35 bits per heavy atom. The van der Waals surface area contributed by atoms with Gasteiger partial charge in [0.25, 0.3) is 0 Å². The number of rotatable bonds is 2. The van der Waals surface area contributed by atoms with Crippen molar-refractivity contribution in [1.29, 1.82) is 0 Å². The molecule has 2 aliphatic rings. The quantitative estimate of drug-likeness (QED) is 0.732. The lowest BCUT2D eigenvalue weighted by atomic mass is 10.0. The predicted octanol–water partition coefficient (Wildman–Crippen LogP) is 4.81. The Kier molecular flexibility index (Phi) is 3.17. The van der Waals surface area contributed by atoms with Crippen LogP contribution in [0.15, 0.2) is 60.7 Å². The molecule has 20 heavy (non-hydrogen) atoms. The monoisotopic (exact) mass is 282 g/mol. The van der Waals surface area contributed by atoms with E-state index in [2.05, 4.69) is 0 Å². The van der Waals surface area contributed by atoms with E-state index in [-0.39, 0.29) is 5.56 Å². The standard InChI is InChI=1S/C17H11ClO2/c18-16-10-15(13-7-2-1-3-8-14(13)16)11-5-4-6-12(9-11)17(19)20/h1-10H,(H,19,20). The molecule has 2 aliphatic carbocycles. The first-order valence-electron chi connectivity index (χ1n) is 6.18. The summed E-state index contributed by atoms with van der Waals surface area (Å²) in [7, 11) is 0.